The molecule has 0 aliphatic heterocycles. The first-order chi connectivity index (χ1) is 16.0. The Morgan fingerprint density at radius 1 is 1.06 bits per heavy atom. The van der Waals surface area contributed by atoms with Gasteiger partial charge in [-0.1, -0.05) is 59.5 Å². The molecule has 0 bridgehead atoms. The molecule has 3 aromatic heterocycles. The zero-order chi connectivity index (χ0) is 22.9. The molecule has 3 heterocycles. The van der Waals surface area contributed by atoms with Crippen molar-refractivity contribution >= 4 is 41.8 Å². The van der Waals surface area contributed by atoms with E-state index in [2.05, 4.69) is 10.3 Å². The van der Waals surface area contributed by atoms with Crippen molar-refractivity contribution in [2.75, 3.05) is 0 Å². The molecule has 0 aliphatic carbocycles. The fraction of sp³-hybridized carbons (Fsp3) is 0.0833. The van der Waals surface area contributed by atoms with Crippen molar-refractivity contribution in [3.8, 4) is 22.6 Å². The van der Waals surface area contributed by atoms with E-state index in [0.29, 0.717) is 27.8 Å². The van der Waals surface area contributed by atoms with E-state index < -0.39 is 0 Å². The lowest BCUT2D eigenvalue weighted by atomic mass is 9.73. The minimum Gasteiger partial charge on any atom is -0.307 e. The quantitative estimate of drug-likeness (QED) is 0.306. The number of rotatable bonds is 6. The molecule has 0 spiro atoms. The summed E-state index contributed by atoms with van der Waals surface area (Å²) in [7, 11) is 1.50. The van der Waals surface area contributed by atoms with Crippen LogP contribution in [0.15, 0.2) is 73.1 Å². The summed E-state index contributed by atoms with van der Waals surface area (Å²) in [4.78, 5) is 16.9. The molecule has 0 N–H and O–H groups in total. The smallest absolute Gasteiger partial charge is 0.205 e. The van der Waals surface area contributed by atoms with E-state index in [1.165, 1.54) is 7.28 Å². The van der Waals surface area contributed by atoms with E-state index in [-0.39, 0.29) is 5.68 Å². The van der Waals surface area contributed by atoms with Crippen LogP contribution in [0.2, 0.25) is 16.9 Å². The van der Waals surface area contributed by atoms with Crippen molar-refractivity contribution in [2.24, 2.45) is 0 Å². The Kier molecular flexibility index (Phi) is 5.75. The van der Waals surface area contributed by atoms with Crippen LogP contribution in [-0.2, 0) is 6.54 Å². The minimum absolute atomic E-state index is 0.112. The van der Waals surface area contributed by atoms with Gasteiger partial charge in [0.2, 0.25) is 7.28 Å². The van der Waals surface area contributed by atoms with Crippen LogP contribution < -0.4 is 0 Å². The first-order valence-corrected chi connectivity index (χ1v) is 11.0. The van der Waals surface area contributed by atoms with Gasteiger partial charge in [0.05, 0.1) is 23.5 Å². The zero-order valence-electron chi connectivity index (χ0n) is 17.6. The molecular weight excluding hydrogens is 456 g/mol. The van der Waals surface area contributed by atoms with E-state index in [1.807, 2.05) is 65.3 Å². The van der Waals surface area contributed by atoms with Gasteiger partial charge in [-0.3, -0.25) is 4.40 Å². The molecule has 5 aromatic rings. The number of carbonyl (C=O) groups is 1. The number of imidazole rings is 1. The molecule has 5 rings (SSSR count). The molecule has 1 radical (unpaired) electrons. The lowest BCUT2D eigenvalue weighted by molar-refractivity contribution is 0.107. The Morgan fingerprint density at radius 2 is 1.88 bits per heavy atom. The molecule has 33 heavy (non-hydrogen) atoms. The molecule has 161 valence electrons. The number of aromatic nitrogens is 5. The van der Waals surface area contributed by atoms with Crippen molar-refractivity contribution in [1.29, 1.82) is 0 Å². The van der Waals surface area contributed by atoms with E-state index in [9.17, 15) is 4.79 Å². The number of benzene rings is 2. The van der Waals surface area contributed by atoms with Crippen LogP contribution in [0, 0.1) is 0 Å². The maximum atomic E-state index is 12.1. The maximum absolute atomic E-state index is 12.1. The lowest BCUT2D eigenvalue weighted by Gasteiger charge is -2.06. The summed E-state index contributed by atoms with van der Waals surface area (Å²) in [6, 6.07) is 18.8. The summed E-state index contributed by atoms with van der Waals surface area (Å²) < 4.78 is 3.73. The van der Waals surface area contributed by atoms with Crippen LogP contribution in [-0.4, -0.2) is 37.3 Å². The molecule has 0 fully saturated rings. The highest BCUT2D eigenvalue weighted by Crippen LogP contribution is 2.32. The van der Waals surface area contributed by atoms with Crippen LogP contribution in [0.5, 0.6) is 0 Å². The molecule has 0 unspecified atom stereocenters. The summed E-state index contributed by atoms with van der Waals surface area (Å²) in [5, 5.41) is 9.84. The van der Waals surface area contributed by atoms with Crippen LogP contribution in [0.1, 0.15) is 15.9 Å². The third-order valence-electron chi connectivity index (χ3n) is 5.33. The fourth-order valence-electron chi connectivity index (χ4n) is 3.74. The van der Waals surface area contributed by atoms with Crippen LogP contribution in [0.4, 0.5) is 0 Å². The summed E-state index contributed by atoms with van der Waals surface area (Å²) in [6.07, 6.45) is 3.83. The van der Waals surface area contributed by atoms with Crippen LogP contribution in [0.3, 0.4) is 0 Å². The minimum atomic E-state index is -0.112. The predicted octanol–water partition coefficient (Wildman–Crippen LogP) is 5.51. The van der Waals surface area contributed by atoms with Crippen LogP contribution in [0.25, 0.3) is 28.3 Å². The van der Waals surface area contributed by atoms with Gasteiger partial charge in [-0.15, -0.1) is 5.10 Å². The first kappa shape index (κ1) is 21.4. The summed E-state index contributed by atoms with van der Waals surface area (Å²) in [5.41, 5.74) is 5.33. The van der Waals surface area contributed by atoms with E-state index in [0.717, 1.165) is 28.2 Å². The second-order valence-corrected chi connectivity index (χ2v) is 8.36. The summed E-state index contributed by atoms with van der Waals surface area (Å²) in [6.45, 7) is 2.14. The van der Waals surface area contributed by atoms with Gasteiger partial charge < -0.3 is 4.79 Å². The number of nitrogens with zero attached hydrogens (tertiary/aromatic N) is 5. The fourth-order valence-corrected chi connectivity index (χ4v) is 4.07. The highest BCUT2D eigenvalue weighted by Gasteiger charge is 2.19. The molecule has 2 aromatic carbocycles. The van der Waals surface area contributed by atoms with Crippen molar-refractivity contribution in [3.63, 3.8) is 0 Å². The van der Waals surface area contributed by atoms with Crippen molar-refractivity contribution in [3.05, 3.63) is 94.2 Å². The van der Waals surface area contributed by atoms with Gasteiger partial charge >= 0.3 is 0 Å². The van der Waals surface area contributed by atoms with E-state index >= 15 is 0 Å². The number of carbonyl (C=O) groups excluding carboxylic acids is 1. The van der Waals surface area contributed by atoms with Gasteiger partial charge in [-0.25, -0.2) is 9.67 Å². The summed E-state index contributed by atoms with van der Waals surface area (Å²) >= 11 is 12.3. The SMILES string of the molecule is C[B]C(=O)c1cc(Cn2cc(-c3c(-c4ccc(Cl)cc4)nc4ccccn34)nn2)ccc1Cl. The lowest BCUT2D eigenvalue weighted by Crippen LogP contribution is -2.08. The molecule has 9 heteroatoms. The number of hydrogen-bond acceptors (Lipinski definition) is 4. The maximum Gasteiger partial charge on any atom is 0.205 e. The normalized spacial score (nSPS) is 11.1. The van der Waals surface area contributed by atoms with Gasteiger partial charge in [0.15, 0.2) is 0 Å². The van der Waals surface area contributed by atoms with Gasteiger partial charge in [0.1, 0.15) is 22.7 Å². The van der Waals surface area contributed by atoms with Crippen molar-refractivity contribution in [2.45, 2.75) is 13.4 Å². The topological polar surface area (TPSA) is 65.1 Å². The zero-order valence-corrected chi connectivity index (χ0v) is 19.1. The van der Waals surface area contributed by atoms with Gasteiger partial charge in [-0.05, 0) is 42.0 Å². The molecule has 0 atom stereocenters. The van der Waals surface area contributed by atoms with Gasteiger partial charge in [-0.2, -0.15) is 0 Å². The number of pyridine rings is 1. The Balaban J connectivity index is 1.54. The number of fused-ring (bicyclic) bond motifs is 1. The van der Waals surface area contributed by atoms with E-state index in [1.54, 1.807) is 23.6 Å². The molecule has 0 aliphatic rings. The Bertz CT molecular complexity index is 1480. The monoisotopic (exact) mass is 472 g/mol. The average Bonchev–Trinajstić information content (AvgIpc) is 3.44. The standard InChI is InChI=1S/C24H17BCl2N5O/c1-25-24(33)18-12-15(5-10-19(18)27)13-31-14-20(29-30-31)23-22(16-6-8-17(26)9-7-16)28-21-4-2-3-11-32(21)23/h2-12,14H,13H2,1H3. The number of halogens is 2. The molecule has 0 amide bonds. The van der Waals surface area contributed by atoms with Gasteiger partial charge in [0.25, 0.3) is 0 Å². The summed E-state index contributed by atoms with van der Waals surface area (Å²) in [5.74, 6) is 0. The second-order valence-electron chi connectivity index (χ2n) is 7.51. The molecule has 0 saturated heterocycles. The number of hydrogen-bond donors (Lipinski definition) is 0. The highest BCUT2D eigenvalue weighted by atomic mass is 35.5. The Labute approximate surface area is 201 Å². The van der Waals surface area contributed by atoms with Crippen molar-refractivity contribution < 1.29 is 4.79 Å². The predicted molar refractivity (Wildman–Crippen MR) is 131 cm³/mol. The third-order valence-corrected chi connectivity index (χ3v) is 5.91. The van der Waals surface area contributed by atoms with Crippen molar-refractivity contribution in [1.82, 2.24) is 24.4 Å². The Hall–Kier alpha value is -3.42. The molecule has 6 nitrogen and oxygen atoms in total. The molecular formula is C24H17BCl2N5O. The first-order valence-electron chi connectivity index (χ1n) is 10.3. The second kappa shape index (κ2) is 8.85. The third kappa shape index (κ3) is 4.17. The van der Waals surface area contributed by atoms with E-state index in [4.69, 9.17) is 28.2 Å². The largest absolute Gasteiger partial charge is 0.307 e. The molecule has 0 saturated carbocycles. The van der Waals surface area contributed by atoms with Crippen LogP contribution >= 0.6 is 23.2 Å². The average molecular weight is 473 g/mol. The highest BCUT2D eigenvalue weighted by molar-refractivity contribution is 6.77. The van der Waals surface area contributed by atoms with Gasteiger partial charge in [0, 0.05) is 22.3 Å². The Morgan fingerprint density at radius 3 is 2.67 bits per heavy atom.